The van der Waals surface area contributed by atoms with Gasteiger partial charge in [-0.25, -0.2) is 0 Å². The molecule has 19 heavy (non-hydrogen) atoms. The Hall–Kier alpha value is -1.35. The zero-order valence-electron chi connectivity index (χ0n) is 12.1. The molecule has 0 radical (unpaired) electrons. The van der Waals surface area contributed by atoms with Gasteiger partial charge in [-0.05, 0) is 6.92 Å². The maximum atomic E-state index is 11.1. The number of likely N-dealkylation sites (tertiary alicyclic amines) is 1. The minimum Gasteiger partial charge on any atom is -0.462 e. The normalized spacial score (nSPS) is 30.9. The fourth-order valence-electron chi connectivity index (χ4n) is 3.00. The summed E-state index contributed by atoms with van der Waals surface area (Å²) in [5, 5.41) is 0. The van der Waals surface area contributed by atoms with Crippen LogP contribution in [0.4, 0.5) is 0 Å². The highest BCUT2D eigenvalue weighted by atomic mass is 16.5. The molecule has 0 bridgehead atoms. The lowest BCUT2D eigenvalue weighted by molar-refractivity contribution is -0.947. The molecule has 3 heteroatoms. The number of piperidine rings is 1. The minimum absolute atomic E-state index is 0.0898. The highest BCUT2D eigenvalue weighted by molar-refractivity contribution is 5.66. The van der Waals surface area contributed by atoms with E-state index < -0.39 is 0 Å². The van der Waals surface area contributed by atoms with Crippen molar-refractivity contribution in [2.45, 2.75) is 45.9 Å². The molecule has 1 saturated heterocycles. The lowest BCUT2D eigenvalue weighted by Gasteiger charge is -2.39. The molecule has 1 heterocycles. The lowest BCUT2D eigenvalue weighted by Crippen LogP contribution is -3.16. The fourth-order valence-corrected chi connectivity index (χ4v) is 3.00. The molecule has 1 aliphatic rings. The molecule has 4 atom stereocenters. The number of hydrogen-bond acceptors (Lipinski definition) is 2. The van der Waals surface area contributed by atoms with Gasteiger partial charge in [-0.2, -0.15) is 0 Å². The van der Waals surface area contributed by atoms with Gasteiger partial charge in [0.15, 0.2) is 0 Å². The van der Waals surface area contributed by atoms with Crippen molar-refractivity contribution in [3.63, 3.8) is 0 Å². The van der Waals surface area contributed by atoms with Crippen molar-refractivity contribution >= 4 is 5.97 Å². The van der Waals surface area contributed by atoms with Crippen LogP contribution in [-0.4, -0.2) is 24.7 Å². The summed E-state index contributed by atoms with van der Waals surface area (Å²) in [6.45, 7) is 8.08. The first-order valence-electron chi connectivity index (χ1n) is 7.13. The van der Waals surface area contributed by atoms with Gasteiger partial charge in [0.1, 0.15) is 12.6 Å². The Morgan fingerprint density at radius 2 is 2.00 bits per heavy atom. The number of quaternary nitrogens is 1. The number of benzene rings is 1. The molecule has 0 saturated carbocycles. The number of rotatable bonds is 3. The summed E-state index contributed by atoms with van der Waals surface area (Å²) >= 11 is 0. The van der Waals surface area contributed by atoms with E-state index in [-0.39, 0.29) is 12.1 Å². The van der Waals surface area contributed by atoms with Crippen molar-refractivity contribution in [1.29, 1.82) is 0 Å². The second kappa shape index (κ2) is 6.20. The third kappa shape index (κ3) is 3.57. The van der Waals surface area contributed by atoms with Crippen LogP contribution < -0.4 is 4.90 Å². The van der Waals surface area contributed by atoms with E-state index in [0.29, 0.717) is 12.0 Å². The monoisotopic (exact) mass is 262 g/mol. The molecular formula is C16H24NO2+. The van der Waals surface area contributed by atoms with Gasteiger partial charge >= 0.3 is 5.97 Å². The molecule has 1 aromatic carbocycles. The van der Waals surface area contributed by atoms with Crippen LogP contribution in [0.25, 0.3) is 0 Å². The van der Waals surface area contributed by atoms with Gasteiger partial charge < -0.3 is 9.64 Å². The van der Waals surface area contributed by atoms with Crippen molar-refractivity contribution in [3.8, 4) is 0 Å². The van der Waals surface area contributed by atoms with Crippen molar-refractivity contribution in [2.24, 2.45) is 5.92 Å². The highest BCUT2D eigenvalue weighted by Gasteiger charge is 2.37. The predicted octanol–water partition coefficient (Wildman–Crippen LogP) is 1.43. The second-order valence-electron chi connectivity index (χ2n) is 5.65. The Kier molecular flexibility index (Phi) is 4.59. The summed E-state index contributed by atoms with van der Waals surface area (Å²) in [7, 11) is 0. The Labute approximate surface area is 115 Å². The van der Waals surface area contributed by atoms with Crippen LogP contribution in [-0.2, 0) is 16.1 Å². The summed E-state index contributed by atoms with van der Waals surface area (Å²) in [6.07, 6.45) is 1.06. The van der Waals surface area contributed by atoms with Crippen molar-refractivity contribution in [3.05, 3.63) is 35.9 Å². The van der Waals surface area contributed by atoms with Crippen molar-refractivity contribution < 1.29 is 14.4 Å². The van der Waals surface area contributed by atoms with Crippen LogP contribution >= 0.6 is 0 Å². The standard InChI is InChI=1S/C16H23NO2/c1-12-13(2)17(10-9-16(12)19-14(3)18)11-15-7-5-4-6-8-15/h4-8,12-13,16H,9-11H2,1-3H3/p+1/t12-,13+,16-/m0/s1. The predicted molar refractivity (Wildman–Crippen MR) is 74.8 cm³/mol. The molecule has 104 valence electrons. The van der Waals surface area contributed by atoms with Crippen molar-refractivity contribution in [2.75, 3.05) is 6.54 Å². The fraction of sp³-hybridized carbons (Fsp3) is 0.562. The van der Waals surface area contributed by atoms with Gasteiger partial charge in [-0.15, -0.1) is 0 Å². The quantitative estimate of drug-likeness (QED) is 0.836. The average molecular weight is 262 g/mol. The number of ether oxygens (including phenoxy) is 1. The number of hydrogen-bond donors (Lipinski definition) is 1. The van der Waals surface area contributed by atoms with Gasteiger partial charge in [0.05, 0.1) is 12.6 Å². The SMILES string of the molecule is CC(=O)O[C@H]1CC[NH+](Cc2ccccc2)[C@H](C)[C@@H]1C. The van der Waals surface area contributed by atoms with Crippen LogP contribution in [0.1, 0.15) is 32.8 Å². The van der Waals surface area contributed by atoms with Gasteiger partial charge in [-0.1, -0.05) is 37.3 Å². The lowest BCUT2D eigenvalue weighted by atomic mass is 9.88. The molecule has 0 aliphatic carbocycles. The molecule has 1 fully saturated rings. The molecule has 0 amide bonds. The third-order valence-electron chi connectivity index (χ3n) is 4.36. The first-order chi connectivity index (χ1) is 9.08. The van der Waals surface area contributed by atoms with Crippen LogP contribution in [0.5, 0.6) is 0 Å². The summed E-state index contributed by atoms with van der Waals surface area (Å²) in [6, 6.07) is 11.1. The summed E-state index contributed by atoms with van der Waals surface area (Å²) in [4.78, 5) is 12.7. The van der Waals surface area contributed by atoms with E-state index in [0.717, 1.165) is 19.5 Å². The Morgan fingerprint density at radius 3 is 2.63 bits per heavy atom. The maximum absolute atomic E-state index is 11.1. The van der Waals surface area contributed by atoms with Crippen molar-refractivity contribution in [1.82, 2.24) is 0 Å². The summed E-state index contributed by atoms with van der Waals surface area (Å²) in [5.41, 5.74) is 1.38. The number of esters is 1. The van der Waals surface area contributed by atoms with E-state index in [4.69, 9.17) is 4.74 Å². The largest absolute Gasteiger partial charge is 0.462 e. The molecule has 1 aromatic rings. The first-order valence-corrected chi connectivity index (χ1v) is 7.13. The molecule has 1 N–H and O–H groups in total. The molecule has 3 nitrogen and oxygen atoms in total. The van der Waals surface area contributed by atoms with E-state index in [1.54, 1.807) is 4.90 Å². The summed E-state index contributed by atoms with van der Waals surface area (Å²) in [5.74, 6) is 0.256. The maximum Gasteiger partial charge on any atom is 0.302 e. The third-order valence-corrected chi connectivity index (χ3v) is 4.36. The van der Waals surface area contributed by atoms with E-state index in [2.05, 4.69) is 44.2 Å². The number of carbonyl (C=O) groups is 1. The minimum atomic E-state index is -0.157. The smallest absolute Gasteiger partial charge is 0.302 e. The molecule has 1 aliphatic heterocycles. The molecule has 0 spiro atoms. The second-order valence-corrected chi connectivity index (χ2v) is 5.65. The molecule has 2 rings (SSSR count). The average Bonchev–Trinajstić information content (AvgIpc) is 2.39. The zero-order valence-corrected chi connectivity index (χ0v) is 12.1. The Bertz CT molecular complexity index is 418. The van der Waals surface area contributed by atoms with Crippen LogP contribution in [0.2, 0.25) is 0 Å². The van der Waals surface area contributed by atoms with E-state index >= 15 is 0 Å². The molecule has 1 unspecified atom stereocenters. The Morgan fingerprint density at radius 1 is 1.32 bits per heavy atom. The zero-order chi connectivity index (χ0) is 13.8. The van der Waals surface area contributed by atoms with Crippen LogP contribution in [0, 0.1) is 5.92 Å². The van der Waals surface area contributed by atoms with Gasteiger partial charge in [0.25, 0.3) is 0 Å². The summed E-state index contributed by atoms with van der Waals surface area (Å²) < 4.78 is 5.42. The number of nitrogens with one attached hydrogen (secondary N) is 1. The van der Waals surface area contributed by atoms with Crippen LogP contribution in [0.15, 0.2) is 30.3 Å². The van der Waals surface area contributed by atoms with E-state index in [1.807, 2.05) is 0 Å². The first kappa shape index (κ1) is 14.1. The Balaban J connectivity index is 1.97. The van der Waals surface area contributed by atoms with E-state index in [1.165, 1.54) is 12.5 Å². The highest BCUT2D eigenvalue weighted by Crippen LogP contribution is 2.17. The molecular weight excluding hydrogens is 238 g/mol. The van der Waals surface area contributed by atoms with Gasteiger partial charge in [0, 0.05) is 24.8 Å². The number of carbonyl (C=O) groups excluding carboxylic acids is 1. The van der Waals surface area contributed by atoms with Crippen LogP contribution in [0.3, 0.4) is 0 Å². The van der Waals surface area contributed by atoms with Gasteiger partial charge in [-0.3, -0.25) is 4.79 Å². The van der Waals surface area contributed by atoms with Gasteiger partial charge in [0.2, 0.25) is 0 Å². The topological polar surface area (TPSA) is 30.7 Å². The molecule has 0 aromatic heterocycles. The van der Waals surface area contributed by atoms with E-state index in [9.17, 15) is 4.79 Å².